The first-order valence-corrected chi connectivity index (χ1v) is 6.50. The van der Waals surface area contributed by atoms with Gasteiger partial charge < -0.3 is 5.43 Å². The molecule has 0 radical (unpaired) electrons. The monoisotopic (exact) mass is 284 g/mol. The fourth-order valence-electron chi connectivity index (χ4n) is 0.888. The van der Waals surface area contributed by atoms with Crippen molar-refractivity contribution in [3.05, 3.63) is 28.2 Å². The maximum atomic E-state index is 11.6. The van der Waals surface area contributed by atoms with Crippen LogP contribution < -0.4 is 10.6 Å². The fourth-order valence-corrected chi connectivity index (χ4v) is 1.81. The molecule has 0 aromatic heterocycles. The first-order valence-electron chi connectivity index (χ1n) is 4.20. The van der Waals surface area contributed by atoms with Crippen LogP contribution in [0.3, 0.4) is 0 Å². The molecule has 0 aliphatic carbocycles. The van der Waals surface area contributed by atoms with E-state index in [4.69, 9.17) is 23.2 Å². The van der Waals surface area contributed by atoms with E-state index in [0.29, 0.717) is 15.7 Å². The highest BCUT2D eigenvalue weighted by Gasteiger charge is 2.20. The van der Waals surface area contributed by atoms with Crippen LogP contribution in [0.2, 0.25) is 10.0 Å². The molecule has 0 saturated heterocycles. The Morgan fingerprint density at radius 3 is 2.44 bits per heavy atom. The number of hydrazine groups is 1. The topological polar surface area (TPSA) is 59.6 Å². The molecule has 0 amide bonds. The minimum atomic E-state index is -3.34. The van der Waals surface area contributed by atoms with Gasteiger partial charge in [0, 0.05) is 19.2 Å². The van der Waals surface area contributed by atoms with Crippen LogP contribution in [-0.2, 0) is 13.6 Å². The minimum Gasteiger partial charge on any atom is -0.310 e. The summed E-state index contributed by atoms with van der Waals surface area (Å²) in [5.41, 5.74) is 3.09. The van der Waals surface area contributed by atoms with Gasteiger partial charge in [0.05, 0.1) is 10.7 Å². The summed E-state index contributed by atoms with van der Waals surface area (Å²) < 4.78 is 21.0. The lowest BCUT2D eigenvalue weighted by molar-refractivity contribution is 0.267. The summed E-state index contributed by atoms with van der Waals surface area (Å²) in [6.45, 7) is 0. The number of hydrogen-bond donors (Lipinski definition) is 2. The van der Waals surface area contributed by atoms with Gasteiger partial charge in [-0.05, 0) is 18.2 Å². The van der Waals surface area contributed by atoms with Crippen molar-refractivity contribution in [1.82, 2.24) is 5.20 Å². The zero-order valence-corrected chi connectivity index (χ0v) is 11.1. The zero-order valence-electron chi connectivity index (χ0n) is 8.66. The van der Waals surface area contributed by atoms with Crippen molar-refractivity contribution in [1.29, 1.82) is 0 Å². The molecule has 0 aliphatic heterocycles. The molecular weight excluding hydrogens is 274 g/mol. The molecule has 90 valence electrons. The molecule has 2 N–H and O–H groups in total. The van der Waals surface area contributed by atoms with E-state index in [1.165, 1.54) is 14.2 Å². The minimum absolute atomic E-state index is 0.427. The number of halogens is 2. The number of rotatable bonds is 5. The molecule has 0 aliphatic rings. The van der Waals surface area contributed by atoms with Crippen LogP contribution in [0.5, 0.6) is 0 Å². The van der Waals surface area contributed by atoms with E-state index in [0.717, 1.165) is 0 Å². The van der Waals surface area contributed by atoms with Gasteiger partial charge in [0.1, 0.15) is 0 Å². The lowest BCUT2D eigenvalue weighted by Gasteiger charge is -2.16. The highest BCUT2D eigenvalue weighted by molar-refractivity contribution is 7.51. The van der Waals surface area contributed by atoms with Gasteiger partial charge in [-0.15, -0.1) is 5.20 Å². The van der Waals surface area contributed by atoms with Crippen molar-refractivity contribution in [2.75, 3.05) is 19.6 Å². The van der Waals surface area contributed by atoms with Crippen molar-refractivity contribution in [2.24, 2.45) is 0 Å². The summed E-state index contributed by atoms with van der Waals surface area (Å²) in [4.78, 5) is 0. The van der Waals surface area contributed by atoms with Gasteiger partial charge in [-0.3, -0.25) is 9.05 Å². The van der Waals surface area contributed by atoms with Crippen molar-refractivity contribution >= 4 is 36.6 Å². The van der Waals surface area contributed by atoms with Crippen LogP contribution in [0.25, 0.3) is 0 Å². The number of nitrogens with one attached hydrogen (secondary N) is 2. The predicted octanol–water partition coefficient (Wildman–Crippen LogP) is 3.31. The molecule has 0 atom stereocenters. The average Bonchev–Trinajstić information content (AvgIpc) is 2.30. The second-order valence-corrected chi connectivity index (χ2v) is 5.52. The SMILES string of the molecule is COP(=O)(NNc1cc(Cl)ccc1Cl)OC. The molecule has 1 aromatic rings. The van der Waals surface area contributed by atoms with E-state index >= 15 is 0 Å². The summed E-state index contributed by atoms with van der Waals surface area (Å²) in [5, 5.41) is 3.32. The standard InChI is InChI=1S/C8H11Cl2N2O3P/c1-14-16(13,15-2)12-11-8-5-6(9)3-4-7(8)10/h3-5,11H,1-2H3,(H,12,13). The Labute approximate surface area is 104 Å². The highest BCUT2D eigenvalue weighted by atomic mass is 35.5. The van der Waals surface area contributed by atoms with Crippen LogP contribution in [0.15, 0.2) is 18.2 Å². The number of benzene rings is 1. The van der Waals surface area contributed by atoms with E-state index < -0.39 is 7.75 Å². The molecule has 1 rings (SSSR count). The zero-order chi connectivity index (χ0) is 12.2. The van der Waals surface area contributed by atoms with Crippen LogP contribution >= 0.6 is 30.9 Å². The molecule has 1 aromatic carbocycles. The first-order chi connectivity index (χ1) is 7.50. The second-order valence-electron chi connectivity index (χ2n) is 2.72. The highest BCUT2D eigenvalue weighted by Crippen LogP contribution is 2.41. The molecule has 8 heteroatoms. The van der Waals surface area contributed by atoms with Crippen molar-refractivity contribution in [2.45, 2.75) is 0 Å². The third-order valence-electron chi connectivity index (χ3n) is 1.74. The molecule has 0 bridgehead atoms. The van der Waals surface area contributed by atoms with E-state index in [1.807, 2.05) is 0 Å². The first kappa shape index (κ1) is 13.8. The predicted molar refractivity (Wildman–Crippen MR) is 64.8 cm³/mol. The smallest absolute Gasteiger partial charge is 0.310 e. The second kappa shape index (κ2) is 5.87. The quantitative estimate of drug-likeness (QED) is 0.642. The molecular formula is C8H11Cl2N2O3P. The van der Waals surface area contributed by atoms with Gasteiger partial charge in [-0.2, -0.15) is 0 Å². The van der Waals surface area contributed by atoms with E-state index in [9.17, 15) is 4.57 Å². The largest absolute Gasteiger partial charge is 0.422 e. The molecule has 0 heterocycles. The van der Waals surface area contributed by atoms with Crippen LogP contribution in [-0.4, -0.2) is 14.2 Å². The van der Waals surface area contributed by atoms with Gasteiger partial charge in [0.25, 0.3) is 0 Å². The number of anilines is 1. The maximum Gasteiger partial charge on any atom is 0.422 e. The Hall–Kier alpha value is -0.290. The summed E-state index contributed by atoms with van der Waals surface area (Å²) in [5.74, 6) is 0. The summed E-state index contributed by atoms with van der Waals surface area (Å²) in [6.07, 6.45) is 0. The van der Waals surface area contributed by atoms with Crippen LogP contribution in [0.4, 0.5) is 5.69 Å². The molecule has 5 nitrogen and oxygen atoms in total. The fraction of sp³-hybridized carbons (Fsp3) is 0.250. The maximum absolute atomic E-state index is 11.6. The average molecular weight is 285 g/mol. The Morgan fingerprint density at radius 2 is 1.88 bits per heavy atom. The Balaban J connectivity index is 2.74. The normalized spacial score (nSPS) is 11.5. The number of hydrogen-bond acceptors (Lipinski definition) is 4. The summed E-state index contributed by atoms with van der Waals surface area (Å²) in [6, 6.07) is 4.83. The van der Waals surface area contributed by atoms with Gasteiger partial charge >= 0.3 is 7.75 Å². The molecule has 0 saturated carbocycles. The summed E-state index contributed by atoms with van der Waals surface area (Å²) >= 11 is 11.7. The Kier molecular flexibility index (Phi) is 5.05. The third kappa shape index (κ3) is 3.63. The summed E-state index contributed by atoms with van der Waals surface area (Å²) in [7, 11) is -0.820. The van der Waals surface area contributed by atoms with Gasteiger partial charge in [-0.1, -0.05) is 23.2 Å². The lowest BCUT2D eigenvalue weighted by Crippen LogP contribution is -2.20. The Morgan fingerprint density at radius 1 is 1.25 bits per heavy atom. The third-order valence-corrected chi connectivity index (χ3v) is 3.65. The van der Waals surface area contributed by atoms with Crippen molar-refractivity contribution < 1.29 is 13.6 Å². The molecule has 16 heavy (non-hydrogen) atoms. The van der Waals surface area contributed by atoms with Crippen LogP contribution in [0.1, 0.15) is 0 Å². The van der Waals surface area contributed by atoms with E-state index in [1.54, 1.807) is 18.2 Å². The lowest BCUT2D eigenvalue weighted by atomic mass is 10.3. The van der Waals surface area contributed by atoms with E-state index in [2.05, 4.69) is 19.7 Å². The van der Waals surface area contributed by atoms with Crippen molar-refractivity contribution in [3.63, 3.8) is 0 Å². The molecule has 0 fully saturated rings. The van der Waals surface area contributed by atoms with Crippen molar-refractivity contribution in [3.8, 4) is 0 Å². The Bertz CT molecular complexity index is 408. The van der Waals surface area contributed by atoms with Gasteiger partial charge in [0.2, 0.25) is 0 Å². The van der Waals surface area contributed by atoms with Gasteiger partial charge in [-0.25, -0.2) is 4.57 Å². The molecule has 0 unspecified atom stereocenters. The van der Waals surface area contributed by atoms with E-state index in [-0.39, 0.29) is 0 Å². The van der Waals surface area contributed by atoms with Crippen LogP contribution in [0, 0.1) is 0 Å². The molecule has 0 spiro atoms. The van der Waals surface area contributed by atoms with Gasteiger partial charge in [0.15, 0.2) is 0 Å².